The number of ether oxygens (including phenoxy) is 1. The summed E-state index contributed by atoms with van der Waals surface area (Å²) in [5.41, 5.74) is 0.180. The van der Waals surface area contributed by atoms with Crippen LogP contribution in [0.3, 0.4) is 0 Å². The van der Waals surface area contributed by atoms with E-state index in [1.165, 1.54) is 5.84 Å². The quantitative estimate of drug-likeness (QED) is 0.621. The molecule has 0 spiro atoms. The van der Waals surface area contributed by atoms with E-state index in [9.17, 15) is 0 Å². The Morgan fingerprint density at radius 3 is 2.47 bits per heavy atom. The predicted molar refractivity (Wildman–Crippen MR) is 73.0 cm³/mol. The minimum Gasteiger partial charge on any atom is -0.378 e. The Hall–Kier alpha value is -0.260. The maximum Gasteiger partial charge on any atom is 0.118 e. The van der Waals surface area contributed by atoms with Gasteiger partial charge in [0, 0.05) is 31.1 Å². The molecule has 2 aliphatic heterocycles. The van der Waals surface area contributed by atoms with Crippen molar-refractivity contribution in [1.82, 2.24) is 9.21 Å². The summed E-state index contributed by atoms with van der Waals surface area (Å²) in [4.78, 5) is 2.38. The maximum absolute atomic E-state index is 5.39. The average Bonchev–Trinajstić information content (AvgIpc) is 2.29. The molecule has 2 rings (SSSR count). The lowest BCUT2D eigenvalue weighted by atomic mass is 10.1. The van der Waals surface area contributed by atoms with Crippen LogP contribution >= 0.6 is 12.1 Å². The second-order valence-electron chi connectivity index (χ2n) is 5.76. The van der Waals surface area contributed by atoms with Crippen LogP contribution in [0.25, 0.3) is 0 Å². The monoisotopic (exact) mass is 257 g/mol. The molecule has 17 heavy (non-hydrogen) atoms. The van der Waals surface area contributed by atoms with Crippen molar-refractivity contribution >= 4 is 18.0 Å². The summed E-state index contributed by atoms with van der Waals surface area (Å²) in [6.45, 7) is 13.7. The van der Waals surface area contributed by atoms with E-state index in [1.54, 1.807) is 12.1 Å². The highest BCUT2D eigenvalue weighted by molar-refractivity contribution is 7.96. The zero-order valence-electron chi connectivity index (χ0n) is 11.3. The first-order chi connectivity index (χ1) is 7.98. The summed E-state index contributed by atoms with van der Waals surface area (Å²) in [5.74, 6) is 1.76. The van der Waals surface area contributed by atoms with Crippen molar-refractivity contribution in [3.05, 3.63) is 0 Å². The molecule has 0 aliphatic carbocycles. The van der Waals surface area contributed by atoms with Crippen LogP contribution in [0, 0.1) is 5.92 Å². The molecule has 0 aromatic heterocycles. The Morgan fingerprint density at radius 2 is 1.94 bits per heavy atom. The van der Waals surface area contributed by atoms with Gasteiger partial charge >= 0.3 is 0 Å². The Labute approximate surface area is 109 Å². The maximum atomic E-state index is 5.39. The normalized spacial score (nSPS) is 28.1. The van der Waals surface area contributed by atoms with E-state index in [4.69, 9.17) is 9.13 Å². The smallest absolute Gasteiger partial charge is 0.118 e. The molecule has 5 heteroatoms. The molecule has 0 saturated carbocycles. The van der Waals surface area contributed by atoms with Crippen LogP contribution in [0.15, 0.2) is 4.40 Å². The Bertz CT molecular complexity index is 295. The molecule has 1 atom stereocenters. The third-order valence-corrected chi connectivity index (χ3v) is 4.36. The number of hydrogen-bond acceptors (Lipinski definition) is 5. The highest BCUT2D eigenvalue weighted by Gasteiger charge is 2.31. The summed E-state index contributed by atoms with van der Waals surface area (Å²) in [6, 6.07) is 0. The minimum absolute atomic E-state index is 0.180. The van der Waals surface area contributed by atoms with Crippen LogP contribution in [-0.4, -0.2) is 53.4 Å². The molecule has 4 nitrogen and oxygen atoms in total. The molecule has 0 bridgehead atoms. The van der Waals surface area contributed by atoms with Crippen LogP contribution < -0.4 is 0 Å². The van der Waals surface area contributed by atoms with Gasteiger partial charge in [-0.3, -0.25) is 0 Å². The molecule has 0 N–H and O–H groups in total. The molecule has 1 unspecified atom stereocenters. The fraction of sp³-hybridized carbons (Fsp3) is 0.917. The summed E-state index contributed by atoms with van der Waals surface area (Å²) in [7, 11) is 0. The first-order valence-electron chi connectivity index (χ1n) is 6.34. The molecule has 0 aromatic rings. The first kappa shape index (κ1) is 13.2. The standard InChI is InChI=1S/C12H23N3OS/c1-10-9-15(12(2,3)4)17-13-11(10)14-5-7-16-8-6-14/h10H,5-9H2,1-4H3. The third-order valence-electron chi connectivity index (χ3n) is 3.20. The summed E-state index contributed by atoms with van der Waals surface area (Å²) in [5, 5.41) is 0. The van der Waals surface area contributed by atoms with E-state index in [-0.39, 0.29) is 5.54 Å². The SMILES string of the molecule is CC1CN(C(C)(C)C)SN=C1N1CCOCC1. The summed E-state index contributed by atoms with van der Waals surface area (Å²) < 4.78 is 12.5. The molecular weight excluding hydrogens is 234 g/mol. The molecule has 1 saturated heterocycles. The van der Waals surface area contributed by atoms with Crippen LogP contribution in [0.5, 0.6) is 0 Å². The molecule has 0 radical (unpaired) electrons. The first-order valence-corrected chi connectivity index (χ1v) is 7.07. The minimum atomic E-state index is 0.180. The molecule has 2 aliphatic rings. The van der Waals surface area contributed by atoms with Crippen molar-refractivity contribution in [2.24, 2.45) is 10.3 Å². The van der Waals surface area contributed by atoms with E-state index in [1.807, 2.05) is 0 Å². The topological polar surface area (TPSA) is 28.1 Å². The molecule has 0 aromatic carbocycles. The lowest BCUT2D eigenvalue weighted by Gasteiger charge is -2.41. The van der Waals surface area contributed by atoms with Gasteiger partial charge in [0.1, 0.15) is 5.84 Å². The van der Waals surface area contributed by atoms with Crippen molar-refractivity contribution in [2.75, 3.05) is 32.8 Å². The van der Waals surface area contributed by atoms with Crippen molar-refractivity contribution < 1.29 is 4.74 Å². The highest BCUT2D eigenvalue weighted by atomic mass is 32.2. The Balaban J connectivity index is 2.02. The van der Waals surface area contributed by atoms with Gasteiger partial charge in [0.15, 0.2) is 0 Å². The molecule has 0 amide bonds. The number of morpholine rings is 1. The number of rotatable bonds is 0. The molecule has 1 fully saturated rings. The van der Waals surface area contributed by atoms with Crippen LogP contribution in [-0.2, 0) is 4.74 Å². The summed E-state index contributed by atoms with van der Waals surface area (Å²) >= 11 is 1.61. The lowest BCUT2D eigenvalue weighted by Crippen LogP contribution is -2.49. The van der Waals surface area contributed by atoms with Crippen molar-refractivity contribution in [3.63, 3.8) is 0 Å². The molecule has 2 heterocycles. The highest BCUT2D eigenvalue weighted by Crippen LogP contribution is 2.31. The third kappa shape index (κ3) is 3.14. The van der Waals surface area contributed by atoms with Gasteiger partial charge in [0.2, 0.25) is 0 Å². The van der Waals surface area contributed by atoms with Crippen molar-refractivity contribution in [3.8, 4) is 0 Å². The Morgan fingerprint density at radius 1 is 1.29 bits per heavy atom. The second kappa shape index (κ2) is 5.16. The van der Waals surface area contributed by atoms with E-state index < -0.39 is 0 Å². The van der Waals surface area contributed by atoms with Crippen molar-refractivity contribution in [2.45, 2.75) is 33.2 Å². The van der Waals surface area contributed by atoms with Gasteiger partial charge in [-0.05, 0) is 20.8 Å². The Kier molecular flexibility index (Phi) is 4.00. The van der Waals surface area contributed by atoms with E-state index in [0.717, 1.165) is 32.8 Å². The lowest BCUT2D eigenvalue weighted by molar-refractivity contribution is 0.0654. The largest absolute Gasteiger partial charge is 0.378 e. The zero-order chi connectivity index (χ0) is 12.5. The fourth-order valence-corrected chi connectivity index (χ4v) is 3.12. The van der Waals surface area contributed by atoms with Gasteiger partial charge in [-0.1, -0.05) is 6.92 Å². The average molecular weight is 257 g/mol. The van der Waals surface area contributed by atoms with Gasteiger partial charge in [-0.15, -0.1) is 0 Å². The van der Waals surface area contributed by atoms with E-state index in [0.29, 0.717) is 5.92 Å². The van der Waals surface area contributed by atoms with Crippen LogP contribution in [0.4, 0.5) is 0 Å². The van der Waals surface area contributed by atoms with Gasteiger partial charge in [0.05, 0.1) is 25.3 Å². The summed E-state index contributed by atoms with van der Waals surface area (Å²) in [6.07, 6.45) is 0. The van der Waals surface area contributed by atoms with Gasteiger partial charge in [-0.2, -0.15) is 4.40 Å². The van der Waals surface area contributed by atoms with Gasteiger partial charge in [-0.25, -0.2) is 4.31 Å². The predicted octanol–water partition coefficient (Wildman–Crippen LogP) is 2.03. The number of nitrogens with zero attached hydrogens (tertiary/aromatic N) is 3. The number of amidine groups is 1. The van der Waals surface area contributed by atoms with E-state index >= 15 is 0 Å². The zero-order valence-corrected chi connectivity index (χ0v) is 12.1. The number of hydrogen-bond donors (Lipinski definition) is 0. The fourth-order valence-electron chi connectivity index (χ4n) is 2.10. The van der Waals surface area contributed by atoms with E-state index in [2.05, 4.69) is 36.9 Å². The van der Waals surface area contributed by atoms with Gasteiger partial charge < -0.3 is 9.64 Å². The van der Waals surface area contributed by atoms with Crippen LogP contribution in [0.1, 0.15) is 27.7 Å². The second-order valence-corrected chi connectivity index (χ2v) is 6.55. The van der Waals surface area contributed by atoms with Crippen molar-refractivity contribution in [1.29, 1.82) is 0 Å². The molecular formula is C12H23N3OS. The van der Waals surface area contributed by atoms with Gasteiger partial charge in [0.25, 0.3) is 0 Å². The molecule has 98 valence electrons. The van der Waals surface area contributed by atoms with Crippen LogP contribution in [0.2, 0.25) is 0 Å².